The molecule has 1 aliphatic rings. The van der Waals surface area contributed by atoms with Crippen LogP contribution in [0.1, 0.15) is 44.2 Å². The van der Waals surface area contributed by atoms with Crippen LogP contribution in [-0.4, -0.2) is 21.0 Å². The Morgan fingerprint density at radius 3 is 2.67 bits per heavy atom. The van der Waals surface area contributed by atoms with E-state index in [4.69, 9.17) is 11.6 Å². The fourth-order valence-electron chi connectivity index (χ4n) is 2.15. The molecule has 15 heavy (non-hydrogen) atoms. The molecule has 1 aliphatic carbocycles. The Morgan fingerprint density at radius 2 is 2.13 bits per heavy atom. The molecule has 84 valence electrons. The highest BCUT2D eigenvalue weighted by molar-refractivity contribution is 6.30. The summed E-state index contributed by atoms with van der Waals surface area (Å²) in [6.45, 7) is 2.08. The van der Waals surface area contributed by atoms with Crippen LogP contribution in [0, 0.1) is 0 Å². The van der Waals surface area contributed by atoms with Gasteiger partial charge in [-0.25, -0.2) is 0 Å². The second-order valence-electron chi connectivity index (χ2n) is 4.24. The number of hydrogen-bond donors (Lipinski definition) is 1. The van der Waals surface area contributed by atoms with E-state index in [0.717, 1.165) is 37.7 Å². The molecule has 0 atom stereocenters. The van der Waals surface area contributed by atoms with Crippen molar-refractivity contribution in [2.45, 2.75) is 51.2 Å². The Labute approximate surface area is 95.0 Å². The van der Waals surface area contributed by atoms with Crippen molar-refractivity contribution in [2.24, 2.45) is 0 Å². The predicted octanol–water partition coefficient (Wildman–Crippen LogP) is 2.57. The largest absolute Gasteiger partial charge is 0.393 e. The van der Waals surface area contributed by atoms with Crippen LogP contribution in [0.3, 0.4) is 0 Å². The molecule has 0 saturated heterocycles. The van der Waals surface area contributed by atoms with Gasteiger partial charge in [0.2, 0.25) is 0 Å². The summed E-state index contributed by atoms with van der Waals surface area (Å²) >= 11 is 6.01. The maximum atomic E-state index is 9.42. The minimum atomic E-state index is -0.113. The summed E-state index contributed by atoms with van der Waals surface area (Å²) in [5.41, 5.74) is 1.11. The molecule has 0 amide bonds. The second-order valence-corrected chi connectivity index (χ2v) is 4.60. The Hall–Kier alpha value is -0.540. The van der Waals surface area contributed by atoms with Gasteiger partial charge in [-0.2, -0.15) is 5.10 Å². The molecule has 0 radical (unpaired) electrons. The smallest absolute Gasteiger partial charge is 0.154 e. The van der Waals surface area contributed by atoms with Crippen LogP contribution in [-0.2, 0) is 6.42 Å². The summed E-state index contributed by atoms with van der Waals surface area (Å²) in [6, 6.07) is 0.422. The molecule has 3 nitrogen and oxygen atoms in total. The molecular formula is C11H17ClN2O. The first kappa shape index (κ1) is 11.0. The van der Waals surface area contributed by atoms with Gasteiger partial charge >= 0.3 is 0 Å². The van der Waals surface area contributed by atoms with Gasteiger partial charge in [-0.15, -0.1) is 0 Å². The SMILES string of the molecule is CCc1cn(C2CCC(O)CC2)nc1Cl. The van der Waals surface area contributed by atoms with E-state index in [0.29, 0.717) is 11.2 Å². The van der Waals surface area contributed by atoms with Crippen LogP contribution in [0.25, 0.3) is 0 Å². The number of aliphatic hydroxyl groups is 1. The van der Waals surface area contributed by atoms with E-state index < -0.39 is 0 Å². The third-order valence-electron chi connectivity index (χ3n) is 3.18. The highest BCUT2D eigenvalue weighted by Gasteiger charge is 2.21. The lowest BCUT2D eigenvalue weighted by atomic mass is 9.93. The highest BCUT2D eigenvalue weighted by atomic mass is 35.5. The molecule has 1 saturated carbocycles. The monoisotopic (exact) mass is 228 g/mol. The Kier molecular flexibility index (Phi) is 3.32. The summed E-state index contributed by atoms with van der Waals surface area (Å²) in [5, 5.41) is 14.4. The van der Waals surface area contributed by atoms with Crippen LogP contribution >= 0.6 is 11.6 Å². The molecular weight excluding hydrogens is 212 g/mol. The number of aryl methyl sites for hydroxylation is 1. The average molecular weight is 229 g/mol. The molecule has 0 aromatic carbocycles. The molecule has 1 N–H and O–H groups in total. The van der Waals surface area contributed by atoms with Crippen LogP contribution in [0.4, 0.5) is 0 Å². The van der Waals surface area contributed by atoms with E-state index in [9.17, 15) is 5.11 Å². The van der Waals surface area contributed by atoms with Gasteiger partial charge in [0.25, 0.3) is 0 Å². The zero-order chi connectivity index (χ0) is 10.8. The summed E-state index contributed by atoms with van der Waals surface area (Å²) < 4.78 is 1.98. The second kappa shape index (κ2) is 4.54. The molecule has 1 aromatic heterocycles. The van der Waals surface area contributed by atoms with Crippen molar-refractivity contribution >= 4 is 11.6 Å². The fourth-order valence-corrected chi connectivity index (χ4v) is 2.42. The first-order valence-corrected chi connectivity index (χ1v) is 6.00. The predicted molar refractivity (Wildman–Crippen MR) is 60.1 cm³/mol. The Morgan fingerprint density at radius 1 is 1.47 bits per heavy atom. The maximum Gasteiger partial charge on any atom is 0.154 e. The number of hydrogen-bond acceptors (Lipinski definition) is 2. The van der Waals surface area contributed by atoms with Crippen molar-refractivity contribution < 1.29 is 5.11 Å². The molecule has 0 aliphatic heterocycles. The van der Waals surface area contributed by atoms with Crippen molar-refractivity contribution in [2.75, 3.05) is 0 Å². The topological polar surface area (TPSA) is 38.0 Å². The van der Waals surface area contributed by atoms with Crippen molar-refractivity contribution in [1.29, 1.82) is 0 Å². The number of rotatable bonds is 2. The number of aliphatic hydroxyl groups excluding tert-OH is 1. The van der Waals surface area contributed by atoms with Crippen molar-refractivity contribution in [3.63, 3.8) is 0 Å². The lowest BCUT2D eigenvalue weighted by Gasteiger charge is -2.25. The van der Waals surface area contributed by atoms with E-state index in [1.165, 1.54) is 0 Å². The Balaban J connectivity index is 2.09. The summed E-state index contributed by atoms with van der Waals surface area (Å²) in [5.74, 6) is 0. The number of aromatic nitrogens is 2. The quantitative estimate of drug-likeness (QED) is 0.845. The molecule has 0 bridgehead atoms. The van der Waals surface area contributed by atoms with Gasteiger partial charge in [0.1, 0.15) is 0 Å². The van der Waals surface area contributed by atoms with E-state index in [1.54, 1.807) is 0 Å². The van der Waals surface area contributed by atoms with E-state index in [2.05, 4.69) is 12.0 Å². The van der Waals surface area contributed by atoms with Crippen LogP contribution in [0.5, 0.6) is 0 Å². The first-order valence-electron chi connectivity index (χ1n) is 5.62. The van der Waals surface area contributed by atoms with Gasteiger partial charge in [-0.3, -0.25) is 4.68 Å². The van der Waals surface area contributed by atoms with E-state index in [-0.39, 0.29) is 6.10 Å². The van der Waals surface area contributed by atoms with Crippen LogP contribution < -0.4 is 0 Å². The third kappa shape index (κ3) is 2.34. The normalized spacial score (nSPS) is 26.9. The molecule has 0 spiro atoms. The summed E-state index contributed by atoms with van der Waals surface area (Å²) in [6.07, 6.45) is 6.62. The zero-order valence-electron chi connectivity index (χ0n) is 8.99. The zero-order valence-corrected chi connectivity index (χ0v) is 9.74. The Bertz CT molecular complexity index is 329. The molecule has 1 heterocycles. The first-order chi connectivity index (χ1) is 7.20. The van der Waals surface area contributed by atoms with Crippen molar-refractivity contribution in [3.8, 4) is 0 Å². The fraction of sp³-hybridized carbons (Fsp3) is 0.727. The van der Waals surface area contributed by atoms with Crippen molar-refractivity contribution in [3.05, 3.63) is 16.9 Å². The lowest BCUT2D eigenvalue weighted by Crippen LogP contribution is -2.21. The molecule has 1 aromatic rings. The molecule has 0 unspecified atom stereocenters. The standard InChI is InChI=1S/C11H17ClN2O/c1-2-8-7-14(13-11(8)12)9-3-5-10(15)6-4-9/h7,9-10,15H,2-6H2,1H3. The van der Waals surface area contributed by atoms with E-state index in [1.807, 2.05) is 10.9 Å². The third-order valence-corrected chi connectivity index (χ3v) is 3.50. The van der Waals surface area contributed by atoms with Gasteiger partial charge in [0, 0.05) is 11.8 Å². The average Bonchev–Trinajstić information content (AvgIpc) is 2.61. The summed E-state index contributed by atoms with van der Waals surface area (Å²) in [7, 11) is 0. The lowest BCUT2D eigenvalue weighted by molar-refractivity contribution is 0.108. The van der Waals surface area contributed by atoms with Crippen molar-refractivity contribution in [1.82, 2.24) is 9.78 Å². The number of nitrogens with zero attached hydrogens (tertiary/aromatic N) is 2. The van der Waals surface area contributed by atoms with Gasteiger partial charge in [0.05, 0.1) is 12.1 Å². The van der Waals surface area contributed by atoms with Gasteiger partial charge < -0.3 is 5.11 Å². The van der Waals surface area contributed by atoms with Crippen LogP contribution in [0.2, 0.25) is 5.15 Å². The van der Waals surface area contributed by atoms with Gasteiger partial charge in [0.15, 0.2) is 5.15 Å². The van der Waals surface area contributed by atoms with Gasteiger partial charge in [-0.05, 0) is 32.1 Å². The minimum absolute atomic E-state index is 0.113. The molecule has 1 fully saturated rings. The molecule has 2 rings (SSSR count). The maximum absolute atomic E-state index is 9.42. The number of halogens is 1. The van der Waals surface area contributed by atoms with Gasteiger partial charge in [-0.1, -0.05) is 18.5 Å². The van der Waals surface area contributed by atoms with Crippen LogP contribution in [0.15, 0.2) is 6.20 Å². The molecule has 4 heteroatoms. The highest BCUT2D eigenvalue weighted by Crippen LogP contribution is 2.29. The summed E-state index contributed by atoms with van der Waals surface area (Å²) in [4.78, 5) is 0. The van der Waals surface area contributed by atoms with E-state index >= 15 is 0 Å². The minimum Gasteiger partial charge on any atom is -0.393 e.